The fourth-order valence-corrected chi connectivity index (χ4v) is 3.45. The number of nitrogens with zero attached hydrogens (tertiary/aromatic N) is 1. The molecule has 1 atom stereocenters. The van der Waals surface area contributed by atoms with E-state index in [0.717, 1.165) is 16.8 Å². The summed E-state index contributed by atoms with van der Waals surface area (Å²) in [5.41, 5.74) is 2.31. The molecule has 0 saturated carbocycles. The van der Waals surface area contributed by atoms with Crippen LogP contribution in [0.2, 0.25) is 0 Å². The van der Waals surface area contributed by atoms with E-state index in [2.05, 4.69) is 15.3 Å². The van der Waals surface area contributed by atoms with Gasteiger partial charge in [-0.05, 0) is 37.0 Å². The van der Waals surface area contributed by atoms with Crippen molar-refractivity contribution in [2.24, 2.45) is 0 Å². The van der Waals surface area contributed by atoms with Gasteiger partial charge in [-0.1, -0.05) is 6.07 Å². The summed E-state index contributed by atoms with van der Waals surface area (Å²) in [6, 6.07) is 5.40. The zero-order chi connectivity index (χ0) is 14.6. The number of aryl methyl sites for hydroxylation is 1. The number of carboxylic acids is 1. The van der Waals surface area contributed by atoms with E-state index in [-0.39, 0.29) is 11.6 Å². The lowest BCUT2D eigenvalue weighted by Gasteiger charge is -2.31. The van der Waals surface area contributed by atoms with Gasteiger partial charge < -0.3 is 15.4 Å². The Hall–Kier alpha value is -2.63. The molecule has 2 aliphatic rings. The number of carbonyl (C=O) groups excluding carboxylic acids is 1. The molecule has 0 saturated heterocycles. The van der Waals surface area contributed by atoms with Crippen LogP contribution in [0.3, 0.4) is 0 Å². The number of aromatic amines is 1. The van der Waals surface area contributed by atoms with E-state index in [1.807, 2.05) is 12.1 Å². The lowest BCUT2D eigenvalue weighted by molar-refractivity contribution is -0.121. The maximum atomic E-state index is 12.5. The van der Waals surface area contributed by atoms with E-state index in [9.17, 15) is 9.59 Å². The Bertz CT molecular complexity index is 780. The van der Waals surface area contributed by atoms with Crippen LogP contribution in [0.1, 0.15) is 33.7 Å². The number of anilines is 1. The van der Waals surface area contributed by atoms with Gasteiger partial charge in [0.1, 0.15) is 11.5 Å². The van der Waals surface area contributed by atoms with Crippen molar-refractivity contribution in [3.05, 3.63) is 46.9 Å². The van der Waals surface area contributed by atoms with Gasteiger partial charge in [-0.15, -0.1) is 0 Å². The standard InChI is InChI=1S/C15H13N3O3/c19-13(20)11-6-8-7-15(4-3-10(8)17-11)9-2-1-5-16-12(9)18-14(15)21/h1-2,5-6,17H,3-4,7H2,(H,19,20)(H,16,18,21). The monoisotopic (exact) mass is 283 g/mol. The zero-order valence-corrected chi connectivity index (χ0v) is 11.1. The minimum atomic E-state index is -0.976. The number of aromatic carboxylic acids is 1. The van der Waals surface area contributed by atoms with Crippen LogP contribution in [0.25, 0.3) is 0 Å². The van der Waals surface area contributed by atoms with Crippen LogP contribution in [-0.2, 0) is 23.1 Å². The molecule has 3 N–H and O–H groups in total. The third-order valence-electron chi connectivity index (χ3n) is 4.51. The van der Waals surface area contributed by atoms with Crippen LogP contribution in [0, 0.1) is 0 Å². The molecule has 21 heavy (non-hydrogen) atoms. The molecule has 3 heterocycles. The van der Waals surface area contributed by atoms with E-state index in [0.29, 0.717) is 25.1 Å². The van der Waals surface area contributed by atoms with Crippen molar-refractivity contribution >= 4 is 17.7 Å². The molecule has 1 aliphatic carbocycles. The topological polar surface area (TPSA) is 95.1 Å². The first-order valence-corrected chi connectivity index (χ1v) is 6.81. The molecule has 2 aromatic rings. The van der Waals surface area contributed by atoms with Crippen molar-refractivity contribution in [2.45, 2.75) is 24.7 Å². The number of carbonyl (C=O) groups is 2. The zero-order valence-electron chi connectivity index (χ0n) is 11.1. The third-order valence-corrected chi connectivity index (χ3v) is 4.51. The van der Waals surface area contributed by atoms with Gasteiger partial charge in [0.05, 0.1) is 5.41 Å². The van der Waals surface area contributed by atoms with Crippen molar-refractivity contribution in [1.82, 2.24) is 9.97 Å². The van der Waals surface area contributed by atoms with Gasteiger partial charge in [0, 0.05) is 17.5 Å². The summed E-state index contributed by atoms with van der Waals surface area (Å²) in [5, 5.41) is 11.9. The van der Waals surface area contributed by atoms with Crippen molar-refractivity contribution in [3.63, 3.8) is 0 Å². The normalized spacial score (nSPS) is 22.8. The first-order valence-electron chi connectivity index (χ1n) is 6.81. The minimum Gasteiger partial charge on any atom is -0.477 e. The maximum absolute atomic E-state index is 12.5. The first kappa shape index (κ1) is 12.1. The van der Waals surface area contributed by atoms with Gasteiger partial charge in [-0.3, -0.25) is 4.79 Å². The summed E-state index contributed by atoms with van der Waals surface area (Å²) in [5.74, 6) is -0.392. The average Bonchev–Trinajstić information content (AvgIpc) is 3.00. The van der Waals surface area contributed by atoms with E-state index in [1.54, 1.807) is 12.3 Å². The second-order valence-corrected chi connectivity index (χ2v) is 5.60. The molecule has 1 aliphatic heterocycles. The van der Waals surface area contributed by atoms with Crippen LogP contribution in [0.15, 0.2) is 24.4 Å². The second-order valence-electron chi connectivity index (χ2n) is 5.60. The van der Waals surface area contributed by atoms with E-state index >= 15 is 0 Å². The number of amides is 1. The van der Waals surface area contributed by atoms with Crippen molar-refractivity contribution in [3.8, 4) is 0 Å². The lowest BCUT2D eigenvalue weighted by atomic mass is 9.70. The van der Waals surface area contributed by atoms with Gasteiger partial charge in [0.15, 0.2) is 0 Å². The molecular formula is C15H13N3O3. The smallest absolute Gasteiger partial charge is 0.352 e. The summed E-state index contributed by atoms with van der Waals surface area (Å²) < 4.78 is 0. The molecule has 0 aromatic carbocycles. The van der Waals surface area contributed by atoms with Gasteiger partial charge in [-0.2, -0.15) is 0 Å². The first-order chi connectivity index (χ1) is 10.1. The Morgan fingerprint density at radius 2 is 2.29 bits per heavy atom. The fraction of sp³-hybridized carbons (Fsp3) is 0.267. The largest absolute Gasteiger partial charge is 0.477 e. The molecule has 0 bridgehead atoms. The van der Waals surface area contributed by atoms with Crippen LogP contribution in [-0.4, -0.2) is 27.0 Å². The molecule has 6 heteroatoms. The third kappa shape index (κ3) is 1.55. The lowest BCUT2D eigenvalue weighted by Crippen LogP contribution is -2.39. The van der Waals surface area contributed by atoms with Gasteiger partial charge in [0.25, 0.3) is 0 Å². The van der Waals surface area contributed by atoms with Gasteiger partial charge in [-0.25, -0.2) is 9.78 Å². The van der Waals surface area contributed by atoms with Crippen LogP contribution < -0.4 is 5.32 Å². The highest BCUT2D eigenvalue weighted by atomic mass is 16.4. The predicted octanol–water partition coefficient (Wildman–Crippen LogP) is 1.49. The SMILES string of the molecule is O=C(O)c1cc2c([nH]1)CCC1(C2)C(=O)Nc2ncccc21. The molecule has 1 unspecified atom stereocenters. The Morgan fingerprint density at radius 1 is 1.43 bits per heavy atom. The van der Waals surface area contributed by atoms with E-state index in [4.69, 9.17) is 5.11 Å². The molecule has 106 valence electrons. The summed E-state index contributed by atoms with van der Waals surface area (Å²) in [4.78, 5) is 30.7. The Balaban J connectivity index is 1.81. The molecule has 1 amide bonds. The minimum absolute atomic E-state index is 0.0417. The number of hydrogen-bond acceptors (Lipinski definition) is 3. The number of fused-ring (bicyclic) bond motifs is 3. The number of nitrogens with one attached hydrogen (secondary N) is 2. The van der Waals surface area contributed by atoms with Gasteiger partial charge in [0.2, 0.25) is 5.91 Å². The number of H-pyrrole nitrogens is 1. The summed E-state index contributed by atoms with van der Waals surface area (Å²) in [6.07, 6.45) is 3.48. The number of pyridine rings is 1. The highest BCUT2D eigenvalue weighted by Crippen LogP contribution is 2.45. The quantitative estimate of drug-likeness (QED) is 0.739. The number of rotatable bonds is 1. The number of hydrogen-bond donors (Lipinski definition) is 3. The number of aromatic nitrogens is 2. The molecular weight excluding hydrogens is 270 g/mol. The maximum Gasteiger partial charge on any atom is 0.352 e. The molecule has 2 aromatic heterocycles. The van der Waals surface area contributed by atoms with Crippen molar-refractivity contribution in [2.75, 3.05) is 5.32 Å². The highest BCUT2D eigenvalue weighted by molar-refractivity contribution is 6.05. The van der Waals surface area contributed by atoms with E-state index < -0.39 is 11.4 Å². The Morgan fingerprint density at radius 3 is 3.10 bits per heavy atom. The summed E-state index contributed by atoms with van der Waals surface area (Å²) in [7, 11) is 0. The van der Waals surface area contributed by atoms with Gasteiger partial charge >= 0.3 is 5.97 Å². The van der Waals surface area contributed by atoms with Crippen LogP contribution in [0.5, 0.6) is 0 Å². The van der Waals surface area contributed by atoms with Crippen molar-refractivity contribution < 1.29 is 14.7 Å². The highest BCUT2D eigenvalue weighted by Gasteiger charge is 2.49. The van der Waals surface area contributed by atoms with Crippen molar-refractivity contribution in [1.29, 1.82) is 0 Å². The molecule has 4 rings (SSSR count). The fourth-order valence-electron chi connectivity index (χ4n) is 3.45. The van der Waals surface area contributed by atoms with Crippen LogP contribution in [0.4, 0.5) is 5.82 Å². The molecule has 6 nitrogen and oxygen atoms in total. The molecule has 0 fully saturated rings. The average molecular weight is 283 g/mol. The molecule has 1 spiro atoms. The number of carboxylic acid groups (broad SMARTS) is 1. The summed E-state index contributed by atoms with van der Waals surface area (Å²) in [6.45, 7) is 0. The predicted molar refractivity (Wildman–Crippen MR) is 74.3 cm³/mol. The summed E-state index contributed by atoms with van der Waals surface area (Å²) >= 11 is 0. The second kappa shape index (κ2) is 3.94. The Labute approximate surface area is 120 Å². The Kier molecular flexibility index (Phi) is 2.28. The van der Waals surface area contributed by atoms with Crippen LogP contribution >= 0.6 is 0 Å². The molecule has 0 radical (unpaired) electrons. The van der Waals surface area contributed by atoms with E-state index in [1.165, 1.54) is 0 Å².